The molecule has 1 aromatic heterocycles. The number of hydrogen-bond acceptors (Lipinski definition) is 2. The standard InChI is InChI=1S/C12H21N3/c1-9-3-4-10(2)12(5-9)14-7-11-6-13-8-15-11/h6,8-10,12,14H,3-5,7H2,1-2H3,(H,13,15). The fourth-order valence-corrected chi connectivity index (χ4v) is 2.44. The van der Waals surface area contributed by atoms with Crippen molar-refractivity contribution in [2.75, 3.05) is 0 Å². The van der Waals surface area contributed by atoms with Gasteiger partial charge in [-0.25, -0.2) is 4.98 Å². The summed E-state index contributed by atoms with van der Waals surface area (Å²) in [7, 11) is 0. The van der Waals surface area contributed by atoms with E-state index in [0.29, 0.717) is 6.04 Å². The molecular formula is C12H21N3. The monoisotopic (exact) mass is 207 g/mol. The lowest BCUT2D eigenvalue weighted by Crippen LogP contribution is -2.39. The molecule has 1 saturated carbocycles. The van der Waals surface area contributed by atoms with Crippen molar-refractivity contribution < 1.29 is 0 Å². The number of hydrogen-bond donors (Lipinski definition) is 2. The lowest BCUT2D eigenvalue weighted by Gasteiger charge is -2.33. The van der Waals surface area contributed by atoms with E-state index in [1.54, 1.807) is 6.33 Å². The summed E-state index contributed by atoms with van der Waals surface area (Å²) in [5.74, 6) is 1.68. The zero-order valence-electron chi connectivity index (χ0n) is 9.66. The van der Waals surface area contributed by atoms with Crippen LogP contribution in [-0.2, 0) is 6.54 Å². The van der Waals surface area contributed by atoms with Crippen LogP contribution < -0.4 is 5.32 Å². The van der Waals surface area contributed by atoms with Gasteiger partial charge >= 0.3 is 0 Å². The average molecular weight is 207 g/mol. The van der Waals surface area contributed by atoms with Gasteiger partial charge in [0.2, 0.25) is 0 Å². The molecule has 1 aliphatic carbocycles. The summed E-state index contributed by atoms with van der Waals surface area (Å²) in [5.41, 5.74) is 1.18. The Morgan fingerprint density at radius 2 is 2.33 bits per heavy atom. The first-order chi connectivity index (χ1) is 7.25. The quantitative estimate of drug-likeness (QED) is 0.798. The topological polar surface area (TPSA) is 40.7 Å². The second kappa shape index (κ2) is 4.79. The van der Waals surface area contributed by atoms with Gasteiger partial charge < -0.3 is 10.3 Å². The minimum atomic E-state index is 0.678. The van der Waals surface area contributed by atoms with E-state index in [0.717, 1.165) is 18.4 Å². The minimum Gasteiger partial charge on any atom is -0.347 e. The molecule has 0 aliphatic heterocycles. The van der Waals surface area contributed by atoms with Crippen LogP contribution in [0.5, 0.6) is 0 Å². The predicted molar refractivity (Wildman–Crippen MR) is 61.4 cm³/mol. The van der Waals surface area contributed by atoms with Gasteiger partial charge in [-0.1, -0.05) is 20.3 Å². The van der Waals surface area contributed by atoms with Crippen LogP contribution in [0.1, 0.15) is 38.8 Å². The smallest absolute Gasteiger partial charge is 0.0922 e. The summed E-state index contributed by atoms with van der Waals surface area (Å²) >= 11 is 0. The first kappa shape index (κ1) is 10.7. The number of imidazole rings is 1. The maximum absolute atomic E-state index is 4.02. The molecule has 1 heterocycles. The van der Waals surface area contributed by atoms with Crippen LogP contribution in [0.3, 0.4) is 0 Å². The molecule has 0 spiro atoms. The van der Waals surface area contributed by atoms with Gasteiger partial charge in [-0.2, -0.15) is 0 Å². The number of aromatic nitrogens is 2. The first-order valence-electron chi connectivity index (χ1n) is 5.96. The molecule has 3 atom stereocenters. The van der Waals surface area contributed by atoms with Crippen molar-refractivity contribution in [3.63, 3.8) is 0 Å². The van der Waals surface area contributed by atoms with Crippen LogP contribution in [0.25, 0.3) is 0 Å². The second-order valence-electron chi connectivity index (χ2n) is 4.96. The molecule has 0 aromatic carbocycles. The summed E-state index contributed by atoms with van der Waals surface area (Å²) in [6.07, 6.45) is 7.70. The molecular weight excluding hydrogens is 186 g/mol. The molecule has 0 amide bonds. The number of nitrogens with one attached hydrogen (secondary N) is 2. The molecule has 0 radical (unpaired) electrons. The Morgan fingerprint density at radius 3 is 3.07 bits per heavy atom. The zero-order chi connectivity index (χ0) is 10.7. The van der Waals surface area contributed by atoms with Crippen molar-refractivity contribution in [3.05, 3.63) is 18.2 Å². The Morgan fingerprint density at radius 1 is 1.47 bits per heavy atom. The Balaban J connectivity index is 1.82. The van der Waals surface area contributed by atoms with Gasteiger partial charge in [-0.05, 0) is 24.7 Å². The first-order valence-corrected chi connectivity index (χ1v) is 5.96. The van der Waals surface area contributed by atoms with Crippen LogP contribution in [0, 0.1) is 11.8 Å². The molecule has 0 bridgehead atoms. The molecule has 3 nitrogen and oxygen atoms in total. The summed E-state index contributed by atoms with van der Waals surface area (Å²) in [4.78, 5) is 7.15. The maximum atomic E-state index is 4.02. The summed E-state index contributed by atoms with van der Waals surface area (Å²) in [6.45, 7) is 5.63. The summed E-state index contributed by atoms with van der Waals surface area (Å²) < 4.78 is 0. The lowest BCUT2D eigenvalue weighted by atomic mass is 9.80. The van der Waals surface area contributed by atoms with Crippen LogP contribution in [0.2, 0.25) is 0 Å². The average Bonchev–Trinajstić information content (AvgIpc) is 2.72. The van der Waals surface area contributed by atoms with Crippen LogP contribution in [0.4, 0.5) is 0 Å². The molecule has 1 aliphatic rings. The van der Waals surface area contributed by atoms with E-state index in [1.165, 1.54) is 25.0 Å². The molecule has 0 saturated heterocycles. The van der Waals surface area contributed by atoms with E-state index < -0.39 is 0 Å². The molecule has 2 N–H and O–H groups in total. The summed E-state index contributed by atoms with van der Waals surface area (Å²) in [6, 6.07) is 0.678. The Hall–Kier alpha value is -0.830. The van der Waals surface area contributed by atoms with Crippen molar-refractivity contribution in [2.45, 2.75) is 45.7 Å². The number of aromatic amines is 1. The number of nitrogens with zero attached hydrogens (tertiary/aromatic N) is 1. The molecule has 3 heteroatoms. The van der Waals surface area contributed by atoms with Crippen LogP contribution in [-0.4, -0.2) is 16.0 Å². The van der Waals surface area contributed by atoms with Gasteiger partial charge in [0, 0.05) is 24.5 Å². The predicted octanol–water partition coefficient (Wildman–Crippen LogP) is 2.32. The van der Waals surface area contributed by atoms with Crippen LogP contribution >= 0.6 is 0 Å². The lowest BCUT2D eigenvalue weighted by molar-refractivity contribution is 0.227. The molecule has 84 valence electrons. The fraction of sp³-hybridized carbons (Fsp3) is 0.750. The fourth-order valence-electron chi connectivity index (χ4n) is 2.44. The third kappa shape index (κ3) is 2.81. The number of rotatable bonds is 3. The molecule has 1 fully saturated rings. The molecule has 1 aromatic rings. The van der Waals surface area contributed by atoms with Crippen molar-refractivity contribution in [3.8, 4) is 0 Å². The minimum absolute atomic E-state index is 0.678. The van der Waals surface area contributed by atoms with Gasteiger partial charge in [0.15, 0.2) is 0 Å². The highest BCUT2D eigenvalue weighted by molar-refractivity contribution is 4.94. The Bertz CT molecular complexity index is 281. The van der Waals surface area contributed by atoms with Gasteiger partial charge in [0.1, 0.15) is 0 Å². The summed E-state index contributed by atoms with van der Waals surface area (Å²) in [5, 5.41) is 3.63. The van der Waals surface area contributed by atoms with E-state index in [4.69, 9.17) is 0 Å². The highest BCUT2D eigenvalue weighted by atomic mass is 15.0. The zero-order valence-corrected chi connectivity index (χ0v) is 9.66. The third-order valence-electron chi connectivity index (χ3n) is 3.57. The molecule has 2 rings (SSSR count). The van der Waals surface area contributed by atoms with E-state index in [2.05, 4.69) is 29.1 Å². The maximum Gasteiger partial charge on any atom is 0.0922 e. The van der Waals surface area contributed by atoms with Gasteiger partial charge in [0.05, 0.1) is 6.33 Å². The van der Waals surface area contributed by atoms with Gasteiger partial charge in [0.25, 0.3) is 0 Å². The van der Waals surface area contributed by atoms with Gasteiger partial charge in [-0.15, -0.1) is 0 Å². The van der Waals surface area contributed by atoms with Gasteiger partial charge in [-0.3, -0.25) is 0 Å². The van der Waals surface area contributed by atoms with Crippen molar-refractivity contribution in [1.82, 2.24) is 15.3 Å². The second-order valence-corrected chi connectivity index (χ2v) is 4.96. The highest BCUT2D eigenvalue weighted by Gasteiger charge is 2.24. The Labute approximate surface area is 91.7 Å². The van der Waals surface area contributed by atoms with E-state index in [9.17, 15) is 0 Å². The van der Waals surface area contributed by atoms with Crippen molar-refractivity contribution in [1.29, 1.82) is 0 Å². The van der Waals surface area contributed by atoms with E-state index in [-0.39, 0.29) is 0 Å². The Kier molecular flexibility index (Phi) is 3.41. The van der Waals surface area contributed by atoms with Crippen molar-refractivity contribution >= 4 is 0 Å². The van der Waals surface area contributed by atoms with E-state index in [1.807, 2.05) is 6.20 Å². The number of H-pyrrole nitrogens is 1. The largest absolute Gasteiger partial charge is 0.347 e. The highest BCUT2D eigenvalue weighted by Crippen LogP contribution is 2.28. The molecule has 15 heavy (non-hydrogen) atoms. The SMILES string of the molecule is CC1CCC(C)C(NCc2cnc[nH]2)C1. The van der Waals surface area contributed by atoms with Crippen LogP contribution in [0.15, 0.2) is 12.5 Å². The normalized spacial score (nSPS) is 31.7. The van der Waals surface area contributed by atoms with E-state index >= 15 is 0 Å². The van der Waals surface area contributed by atoms with Crippen molar-refractivity contribution in [2.24, 2.45) is 11.8 Å². The third-order valence-corrected chi connectivity index (χ3v) is 3.57. The molecule has 3 unspecified atom stereocenters.